The van der Waals surface area contributed by atoms with Crippen LogP contribution in [0.4, 0.5) is 11.5 Å². The van der Waals surface area contributed by atoms with E-state index in [1.54, 1.807) is 10.6 Å². The van der Waals surface area contributed by atoms with Crippen molar-refractivity contribution in [1.29, 1.82) is 0 Å². The predicted molar refractivity (Wildman–Crippen MR) is 63.2 cm³/mol. The molecule has 0 radical (unpaired) electrons. The van der Waals surface area contributed by atoms with E-state index in [-0.39, 0.29) is 6.17 Å². The number of hydrogen-bond acceptors (Lipinski definition) is 4. The van der Waals surface area contributed by atoms with Crippen molar-refractivity contribution in [3.05, 3.63) is 48.4 Å². The van der Waals surface area contributed by atoms with Crippen LogP contribution in [0.15, 0.2) is 42.9 Å². The Labute approximate surface area is 98.0 Å². The van der Waals surface area contributed by atoms with Crippen LogP contribution in [0.25, 0.3) is 0 Å². The van der Waals surface area contributed by atoms with Crippen LogP contribution in [0.2, 0.25) is 0 Å². The number of hydrogen-bond donors (Lipinski definition) is 1. The van der Waals surface area contributed by atoms with Crippen molar-refractivity contribution >= 4 is 23.3 Å². The smallest absolute Gasteiger partial charge is 0.172 e. The second-order valence-corrected chi connectivity index (χ2v) is 3.89. The molecule has 4 nitrogen and oxygen atoms in total. The van der Waals surface area contributed by atoms with E-state index in [0.29, 0.717) is 5.82 Å². The molecule has 1 aliphatic heterocycles. The molecule has 1 aromatic carbocycles. The number of nitrogens with zero attached hydrogens (tertiary/aromatic N) is 3. The summed E-state index contributed by atoms with van der Waals surface area (Å²) in [6.45, 7) is 0. The average molecular weight is 233 g/mol. The molecule has 0 saturated heterocycles. The van der Waals surface area contributed by atoms with Gasteiger partial charge < -0.3 is 5.32 Å². The minimum absolute atomic E-state index is 0.0884. The monoisotopic (exact) mass is 232 g/mol. The lowest BCUT2D eigenvalue weighted by atomic mass is 10.2. The van der Waals surface area contributed by atoms with Crippen molar-refractivity contribution in [3.8, 4) is 0 Å². The summed E-state index contributed by atoms with van der Waals surface area (Å²) in [6.07, 6.45) is 3.12. The van der Waals surface area contributed by atoms with Crippen molar-refractivity contribution in [1.82, 2.24) is 9.97 Å². The first kappa shape index (κ1) is 9.42. The zero-order chi connectivity index (χ0) is 11.0. The van der Waals surface area contributed by atoms with Crippen molar-refractivity contribution < 1.29 is 0 Å². The summed E-state index contributed by atoms with van der Waals surface area (Å²) in [7, 11) is 0. The van der Waals surface area contributed by atoms with Gasteiger partial charge in [-0.1, -0.05) is 30.3 Å². The summed E-state index contributed by atoms with van der Waals surface area (Å²) < 4.78 is 1.59. The minimum atomic E-state index is -0.0884. The summed E-state index contributed by atoms with van der Waals surface area (Å²) >= 11 is 6.22. The van der Waals surface area contributed by atoms with Crippen molar-refractivity contribution in [2.75, 3.05) is 9.74 Å². The van der Waals surface area contributed by atoms with Crippen molar-refractivity contribution in [3.63, 3.8) is 0 Å². The number of anilines is 2. The van der Waals surface area contributed by atoms with Gasteiger partial charge in [-0.25, -0.2) is 14.4 Å². The van der Waals surface area contributed by atoms with E-state index in [0.717, 1.165) is 11.3 Å². The quantitative estimate of drug-likeness (QED) is 0.768. The number of benzene rings is 1. The van der Waals surface area contributed by atoms with Crippen LogP contribution >= 0.6 is 11.8 Å². The van der Waals surface area contributed by atoms with Gasteiger partial charge in [0.25, 0.3) is 0 Å². The van der Waals surface area contributed by atoms with E-state index in [1.807, 2.05) is 30.3 Å². The van der Waals surface area contributed by atoms with Gasteiger partial charge in [0.05, 0.1) is 11.9 Å². The largest absolute Gasteiger partial charge is 0.356 e. The van der Waals surface area contributed by atoms with Crippen LogP contribution in [0.5, 0.6) is 0 Å². The first-order valence-electron chi connectivity index (χ1n) is 4.93. The molecule has 5 heteroatoms. The fourth-order valence-corrected chi connectivity index (χ4v) is 2.07. The Hall–Kier alpha value is -1.81. The third-order valence-electron chi connectivity index (χ3n) is 2.53. The van der Waals surface area contributed by atoms with Crippen LogP contribution in [0, 0.1) is 0 Å². The molecule has 2 aromatic rings. The third kappa shape index (κ3) is 1.39. The molecule has 0 spiro atoms. The molecule has 1 N–H and O–H groups in total. The molecule has 80 valence electrons. The fourth-order valence-electron chi connectivity index (χ4n) is 1.77. The van der Waals surface area contributed by atoms with E-state index >= 15 is 0 Å². The highest BCUT2D eigenvalue weighted by Gasteiger charge is 2.29. The Kier molecular flexibility index (Phi) is 2.15. The van der Waals surface area contributed by atoms with E-state index in [1.165, 1.54) is 6.33 Å². The van der Waals surface area contributed by atoms with Crippen molar-refractivity contribution in [2.24, 2.45) is 0 Å². The highest BCUT2D eigenvalue weighted by atomic mass is 35.5. The maximum Gasteiger partial charge on any atom is 0.172 e. The fraction of sp³-hybridized carbons (Fsp3) is 0.0909. The first-order valence-corrected chi connectivity index (χ1v) is 5.26. The van der Waals surface area contributed by atoms with Gasteiger partial charge in [0, 0.05) is 11.8 Å². The Bertz CT molecular complexity index is 502. The van der Waals surface area contributed by atoms with Crippen molar-refractivity contribution in [2.45, 2.75) is 6.17 Å². The Morgan fingerprint density at radius 1 is 1.25 bits per heavy atom. The second-order valence-electron chi connectivity index (χ2n) is 3.53. The van der Waals surface area contributed by atoms with Gasteiger partial charge in [0.2, 0.25) is 0 Å². The van der Waals surface area contributed by atoms with Gasteiger partial charge in [-0.2, -0.15) is 0 Å². The summed E-state index contributed by atoms with van der Waals surface area (Å²) in [5.41, 5.74) is 1.95. The highest BCUT2D eigenvalue weighted by molar-refractivity contribution is 6.27. The van der Waals surface area contributed by atoms with Gasteiger partial charge in [0.15, 0.2) is 5.82 Å². The number of rotatable bonds is 1. The van der Waals surface area contributed by atoms with Crippen LogP contribution in [0.3, 0.4) is 0 Å². The van der Waals surface area contributed by atoms with Gasteiger partial charge in [0.1, 0.15) is 12.5 Å². The molecule has 2 heterocycles. The molecule has 1 atom stereocenters. The van der Waals surface area contributed by atoms with Crippen LogP contribution in [0.1, 0.15) is 11.7 Å². The molecule has 0 fully saturated rings. The second kappa shape index (κ2) is 3.64. The number of halogens is 1. The molecule has 3 rings (SSSR count). The Morgan fingerprint density at radius 3 is 2.81 bits per heavy atom. The standard InChI is InChI=1S/C11H9ClN4/c12-16-10(8-4-2-1-3-5-8)15-9-6-13-7-14-11(9)16/h1-7,10,15H. The lowest BCUT2D eigenvalue weighted by Crippen LogP contribution is -2.18. The molecule has 0 bridgehead atoms. The summed E-state index contributed by atoms with van der Waals surface area (Å²) in [5.74, 6) is 0.713. The molecule has 0 saturated carbocycles. The summed E-state index contributed by atoms with van der Waals surface area (Å²) in [4.78, 5) is 8.10. The van der Waals surface area contributed by atoms with Gasteiger partial charge in [-0.15, -0.1) is 0 Å². The SMILES string of the molecule is ClN1c2ncncc2NC1c1ccccc1. The molecule has 1 aromatic heterocycles. The van der Waals surface area contributed by atoms with Crippen LogP contribution < -0.4 is 9.74 Å². The number of nitrogens with one attached hydrogen (secondary N) is 1. The zero-order valence-electron chi connectivity index (χ0n) is 8.34. The maximum absolute atomic E-state index is 6.22. The molecular formula is C11H9ClN4. The van der Waals surface area contributed by atoms with Gasteiger partial charge in [-0.05, 0) is 5.56 Å². The molecule has 1 aliphatic rings. The Balaban J connectivity index is 1.99. The molecule has 0 amide bonds. The normalized spacial score (nSPS) is 18.1. The third-order valence-corrected chi connectivity index (χ3v) is 2.88. The first-order chi connectivity index (χ1) is 7.86. The average Bonchev–Trinajstić information content (AvgIpc) is 2.69. The van der Waals surface area contributed by atoms with Gasteiger partial charge in [-0.3, -0.25) is 0 Å². The predicted octanol–water partition coefficient (Wildman–Crippen LogP) is 2.56. The summed E-state index contributed by atoms with van der Waals surface area (Å²) in [6, 6.07) is 9.98. The maximum atomic E-state index is 6.22. The number of fused-ring (bicyclic) bond motifs is 1. The van der Waals surface area contributed by atoms with Crippen LogP contribution in [-0.2, 0) is 0 Å². The van der Waals surface area contributed by atoms with E-state index in [4.69, 9.17) is 11.8 Å². The van der Waals surface area contributed by atoms with Gasteiger partial charge >= 0.3 is 0 Å². The lowest BCUT2D eigenvalue weighted by Gasteiger charge is -2.18. The van der Waals surface area contributed by atoms with E-state index < -0.39 is 0 Å². The van der Waals surface area contributed by atoms with E-state index in [9.17, 15) is 0 Å². The molecule has 16 heavy (non-hydrogen) atoms. The van der Waals surface area contributed by atoms with E-state index in [2.05, 4.69) is 15.3 Å². The zero-order valence-corrected chi connectivity index (χ0v) is 9.09. The topological polar surface area (TPSA) is 41.1 Å². The lowest BCUT2D eigenvalue weighted by molar-refractivity contribution is 0.864. The summed E-state index contributed by atoms with van der Waals surface area (Å²) in [5, 5.41) is 3.27. The van der Waals surface area contributed by atoms with Crippen LogP contribution in [-0.4, -0.2) is 9.97 Å². The molecular weight excluding hydrogens is 224 g/mol. The molecule has 0 aliphatic carbocycles. The molecule has 1 unspecified atom stereocenters. The minimum Gasteiger partial charge on any atom is -0.356 e. The Morgan fingerprint density at radius 2 is 2.06 bits per heavy atom. The highest BCUT2D eigenvalue weighted by Crippen LogP contribution is 2.39. The number of aromatic nitrogens is 2.